The highest BCUT2D eigenvalue weighted by molar-refractivity contribution is 8.27. The number of halogens is 1. The summed E-state index contributed by atoms with van der Waals surface area (Å²) >= 11 is 13.0. The van der Waals surface area contributed by atoms with Gasteiger partial charge < -0.3 is 4.74 Å². The third-order valence-corrected chi connectivity index (χ3v) is 6.60. The summed E-state index contributed by atoms with van der Waals surface area (Å²) in [5.74, 6) is 0.641. The Hall–Kier alpha value is -2.60. The van der Waals surface area contributed by atoms with Crippen LogP contribution in [0.4, 0.5) is 5.69 Å². The lowest BCUT2D eigenvalue weighted by atomic mass is 10.1. The number of rotatable bonds is 5. The van der Waals surface area contributed by atoms with E-state index in [9.17, 15) is 4.79 Å². The first-order chi connectivity index (χ1) is 14.9. The van der Waals surface area contributed by atoms with E-state index in [0.29, 0.717) is 20.9 Å². The van der Waals surface area contributed by atoms with Crippen molar-refractivity contribution in [3.05, 3.63) is 98.9 Å². The van der Waals surface area contributed by atoms with Crippen molar-refractivity contribution >= 4 is 57.6 Å². The Morgan fingerprint density at radius 3 is 2.55 bits per heavy atom. The van der Waals surface area contributed by atoms with Crippen molar-refractivity contribution < 1.29 is 9.53 Å². The number of carbonyl (C=O) groups excluding carboxylic acids is 1. The van der Waals surface area contributed by atoms with Crippen molar-refractivity contribution in [1.82, 2.24) is 0 Å². The summed E-state index contributed by atoms with van der Waals surface area (Å²) in [6.07, 6.45) is 1.86. The number of thiocarbonyl (C=S) groups is 1. The summed E-state index contributed by atoms with van der Waals surface area (Å²) in [6, 6.07) is 21.3. The Labute approximate surface area is 196 Å². The molecule has 0 spiro atoms. The van der Waals surface area contributed by atoms with E-state index in [1.807, 2.05) is 86.7 Å². The molecule has 156 valence electrons. The lowest BCUT2D eigenvalue weighted by molar-refractivity contribution is -0.113. The summed E-state index contributed by atoms with van der Waals surface area (Å²) in [5.41, 5.74) is 4.79. The van der Waals surface area contributed by atoms with Crippen molar-refractivity contribution in [1.29, 1.82) is 0 Å². The maximum Gasteiger partial charge on any atom is 0.270 e. The molecule has 3 aromatic carbocycles. The Morgan fingerprint density at radius 1 is 1.06 bits per heavy atom. The molecule has 0 aliphatic carbocycles. The van der Waals surface area contributed by atoms with Crippen LogP contribution in [0.25, 0.3) is 6.08 Å². The second-order valence-corrected chi connectivity index (χ2v) is 9.34. The number of hydrogen-bond donors (Lipinski definition) is 0. The van der Waals surface area contributed by atoms with Crippen molar-refractivity contribution in [2.24, 2.45) is 0 Å². The molecule has 1 heterocycles. The highest BCUT2D eigenvalue weighted by Gasteiger charge is 2.34. The first-order valence-corrected chi connectivity index (χ1v) is 11.3. The van der Waals surface area contributed by atoms with Crippen LogP contribution in [0, 0.1) is 13.8 Å². The molecule has 0 aromatic heterocycles. The first-order valence-electron chi connectivity index (χ1n) is 9.74. The molecule has 4 rings (SSSR count). The SMILES string of the molecule is Cc1ccc(C)c(N2C(=O)C(=Cc3ccc(OCc4ccccc4Cl)cc3)SC2=S)c1. The van der Waals surface area contributed by atoms with Gasteiger partial charge in [0.1, 0.15) is 12.4 Å². The lowest BCUT2D eigenvalue weighted by Gasteiger charge is -2.17. The summed E-state index contributed by atoms with van der Waals surface area (Å²) in [4.78, 5) is 15.3. The normalized spacial score (nSPS) is 15.1. The Kier molecular flexibility index (Phi) is 6.46. The van der Waals surface area contributed by atoms with Crippen molar-refractivity contribution in [3.8, 4) is 5.75 Å². The zero-order chi connectivity index (χ0) is 22.0. The number of amides is 1. The largest absolute Gasteiger partial charge is 0.489 e. The minimum atomic E-state index is -0.0947. The molecule has 0 N–H and O–H groups in total. The molecule has 1 aliphatic rings. The second-order valence-electron chi connectivity index (χ2n) is 7.26. The van der Waals surface area contributed by atoms with Gasteiger partial charge in [0.15, 0.2) is 4.32 Å². The fourth-order valence-corrected chi connectivity index (χ4v) is 4.70. The molecule has 0 saturated carbocycles. The molecule has 0 bridgehead atoms. The number of thioether (sulfide) groups is 1. The topological polar surface area (TPSA) is 29.5 Å². The van der Waals surface area contributed by atoms with Gasteiger partial charge in [0.2, 0.25) is 0 Å². The molecule has 31 heavy (non-hydrogen) atoms. The maximum atomic E-state index is 13.1. The van der Waals surface area contributed by atoms with E-state index in [2.05, 4.69) is 0 Å². The minimum Gasteiger partial charge on any atom is -0.489 e. The summed E-state index contributed by atoms with van der Waals surface area (Å²) in [5, 5.41) is 0.685. The van der Waals surface area contributed by atoms with Crippen LogP contribution in [0.15, 0.2) is 71.6 Å². The summed E-state index contributed by atoms with van der Waals surface area (Å²) in [6.45, 7) is 4.39. The van der Waals surface area contributed by atoms with Gasteiger partial charge in [0, 0.05) is 10.6 Å². The molecule has 3 nitrogen and oxygen atoms in total. The van der Waals surface area contributed by atoms with Gasteiger partial charge in [-0.1, -0.05) is 78.0 Å². The van der Waals surface area contributed by atoms with E-state index in [1.54, 1.807) is 4.90 Å². The number of anilines is 1. The van der Waals surface area contributed by atoms with Gasteiger partial charge in [-0.05, 0) is 60.9 Å². The van der Waals surface area contributed by atoms with Crippen LogP contribution in [-0.2, 0) is 11.4 Å². The van der Waals surface area contributed by atoms with Gasteiger partial charge in [-0.3, -0.25) is 9.69 Å². The second kappa shape index (κ2) is 9.27. The Balaban J connectivity index is 1.48. The van der Waals surface area contributed by atoms with E-state index in [4.69, 9.17) is 28.6 Å². The zero-order valence-corrected chi connectivity index (χ0v) is 19.5. The van der Waals surface area contributed by atoms with Gasteiger partial charge in [-0.15, -0.1) is 0 Å². The summed E-state index contributed by atoms with van der Waals surface area (Å²) < 4.78 is 6.37. The van der Waals surface area contributed by atoms with Gasteiger partial charge in [0.25, 0.3) is 5.91 Å². The van der Waals surface area contributed by atoms with Crippen LogP contribution in [0.3, 0.4) is 0 Å². The van der Waals surface area contributed by atoms with Gasteiger partial charge in [-0.2, -0.15) is 0 Å². The highest BCUT2D eigenvalue weighted by atomic mass is 35.5. The molecule has 3 aromatic rings. The molecule has 1 saturated heterocycles. The molecule has 0 radical (unpaired) electrons. The average Bonchev–Trinajstić information content (AvgIpc) is 3.03. The Bertz CT molecular complexity index is 1190. The average molecular weight is 466 g/mol. The van der Waals surface area contributed by atoms with Gasteiger partial charge >= 0.3 is 0 Å². The zero-order valence-electron chi connectivity index (χ0n) is 17.1. The fraction of sp³-hybridized carbons (Fsp3) is 0.120. The molecule has 1 aliphatic heterocycles. The number of aryl methyl sites for hydroxylation is 2. The fourth-order valence-electron chi connectivity index (χ4n) is 3.22. The monoisotopic (exact) mass is 465 g/mol. The summed E-state index contributed by atoms with van der Waals surface area (Å²) in [7, 11) is 0. The third kappa shape index (κ3) is 4.85. The van der Waals surface area contributed by atoms with Gasteiger partial charge in [0.05, 0.1) is 10.6 Å². The van der Waals surface area contributed by atoms with Crippen LogP contribution < -0.4 is 9.64 Å². The number of carbonyl (C=O) groups is 1. The van der Waals surface area contributed by atoms with E-state index < -0.39 is 0 Å². The molecule has 0 atom stereocenters. The van der Waals surface area contributed by atoms with Crippen LogP contribution in [0.2, 0.25) is 5.02 Å². The predicted octanol–water partition coefficient (Wildman–Crippen LogP) is 6.94. The quantitative estimate of drug-likeness (QED) is 0.301. The van der Waals surface area contributed by atoms with E-state index >= 15 is 0 Å². The molecular formula is C25H20ClNO2S2. The van der Waals surface area contributed by atoms with E-state index in [1.165, 1.54) is 11.8 Å². The van der Waals surface area contributed by atoms with E-state index in [-0.39, 0.29) is 5.91 Å². The van der Waals surface area contributed by atoms with Crippen molar-refractivity contribution in [2.45, 2.75) is 20.5 Å². The molecular weight excluding hydrogens is 446 g/mol. The number of hydrogen-bond acceptors (Lipinski definition) is 4. The maximum absolute atomic E-state index is 13.1. The minimum absolute atomic E-state index is 0.0947. The molecule has 1 amide bonds. The highest BCUT2D eigenvalue weighted by Crippen LogP contribution is 2.37. The van der Waals surface area contributed by atoms with Crippen LogP contribution in [0.1, 0.15) is 22.3 Å². The van der Waals surface area contributed by atoms with Crippen LogP contribution in [-0.4, -0.2) is 10.2 Å². The van der Waals surface area contributed by atoms with Crippen LogP contribution in [0.5, 0.6) is 5.75 Å². The first kappa shape index (κ1) is 21.6. The number of nitrogens with zero attached hydrogens (tertiary/aromatic N) is 1. The van der Waals surface area contributed by atoms with Crippen molar-refractivity contribution in [3.63, 3.8) is 0 Å². The standard InChI is InChI=1S/C25H20ClNO2S2/c1-16-7-8-17(2)22(13-16)27-24(28)23(31-25(27)30)14-18-9-11-20(12-10-18)29-15-19-5-3-4-6-21(19)26/h3-14H,15H2,1-2H3. The predicted molar refractivity (Wildman–Crippen MR) is 134 cm³/mol. The number of benzene rings is 3. The Morgan fingerprint density at radius 2 is 1.81 bits per heavy atom. The van der Waals surface area contributed by atoms with Gasteiger partial charge in [-0.25, -0.2) is 0 Å². The van der Waals surface area contributed by atoms with Crippen molar-refractivity contribution in [2.75, 3.05) is 4.90 Å². The number of ether oxygens (including phenoxy) is 1. The molecule has 6 heteroatoms. The molecule has 0 unspecified atom stereocenters. The lowest BCUT2D eigenvalue weighted by Crippen LogP contribution is -2.28. The molecule has 1 fully saturated rings. The third-order valence-electron chi connectivity index (χ3n) is 4.93. The van der Waals surface area contributed by atoms with Crippen LogP contribution >= 0.6 is 35.6 Å². The smallest absolute Gasteiger partial charge is 0.270 e. The van der Waals surface area contributed by atoms with E-state index in [0.717, 1.165) is 33.7 Å².